The molecular formula is C13H12BrNO2S. The van der Waals surface area contributed by atoms with Gasteiger partial charge >= 0.3 is 0 Å². The molecule has 0 aliphatic carbocycles. The Hall–Kier alpha value is -1.33. The van der Waals surface area contributed by atoms with Crippen molar-refractivity contribution in [2.45, 2.75) is 6.92 Å². The van der Waals surface area contributed by atoms with Crippen LogP contribution in [0.5, 0.6) is 5.75 Å². The lowest BCUT2D eigenvalue weighted by Crippen LogP contribution is -2.11. The fourth-order valence-corrected chi connectivity index (χ4v) is 2.61. The van der Waals surface area contributed by atoms with E-state index in [1.165, 1.54) is 11.3 Å². The summed E-state index contributed by atoms with van der Waals surface area (Å²) in [6.45, 7) is 2.48. The smallest absolute Gasteiger partial charge is 0.256 e. The van der Waals surface area contributed by atoms with Crippen LogP contribution in [0.4, 0.5) is 5.69 Å². The van der Waals surface area contributed by atoms with Crippen LogP contribution < -0.4 is 10.1 Å². The maximum absolute atomic E-state index is 12.0. The van der Waals surface area contributed by atoms with E-state index in [4.69, 9.17) is 4.74 Å². The van der Waals surface area contributed by atoms with Crippen LogP contribution in [-0.4, -0.2) is 12.5 Å². The number of hydrogen-bond acceptors (Lipinski definition) is 3. The van der Waals surface area contributed by atoms with E-state index in [9.17, 15) is 4.79 Å². The quantitative estimate of drug-likeness (QED) is 0.916. The fourth-order valence-electron chi connectivity index (χ4n) is 1.47. The van der Waals surface area contributed by atoms with Gasteiger partial charge in [0.05, 0.1) is 21.6 Å². The highest BCUT2D eigenvalue weighted by Crippen LogP contribution is 2.26. The molecule has 2 rings (SSSR count). The van der Waals surface area contributed by atoms with Crippen LogP contribution in [0.1, 0.15) is 17.3 Å². The molecule has 0 aliphatic rings. The second kappa shape index (κ2) is 6.02. The number of ether oxygens (including phenoxy) is 1. The van der Waals surface area contributed by atoms with E-state index in [1.54, 1.807) is 6.07 Å². The zero-order chi connectivity index (χ0) is 13.0. The van der Waals surface area contributed by atoms with Crippen molar-refractivity contribution in [3.63, 3.8) is 0 Å². The lowest BCUT2D eigenvalue weighted by molar-refractivity contribution is 0.102. The molecule has 1 aromatic heterocycles. The molecule has 1 heterocycles. The van der Waals surface area contributed by atoms with Crippen molar-refractivity contribution in [1.29, 1.82) is 0 Å². The second-order valence-corrected chi connectivity index (χ2v) is 5.81. The molecule has 0 saturated carbocycles. The first-order valence-corrected chi connectivity index (χ1v) is 7.15. The highest BCUT2D eigenvalue weighted by Gasteiger charge is 2.10. The van der Waals surface area contributed by atoms with Gasteiger partial charge in [0.2, 0.25) is 0 Å². The van der Waals surface area contributed by atoms with Gasteiger partial charge in [-0.2, -0.15) is 0 Å². The Morgan fingerprint density at radius 2 is 2.22 bits per heavy atom. The standard InChI is InChI=1S/C13H12BrNO2S/c1-2-17-11-6-4-3-5-10(11)15-13(16)9-7-12(14)18-8-9/h3-8H,2H2,1H3,(H,15,16). The summed E-state index contributed by atoms with van der Waals surface area (Å²) >= 11 is 4.82. The minimum absolute atomic E-state index is 0.135. The molecule has 5 heteroatoms. The van der Waals surface area contributed by atoms with Gasteiger partial charge in [-0.15, -0.1) is 11.3 Å². The number of rotatable bonds is 4. The van der Waals surface area contributed by atoms with Crippen molar-refractivity contribution < 1.29 is 9.53 Å². The number of anilines is 1. The maximum Gasteiger partial charge on any atom is 0.256 e. The lowest BCUT2D eigenvalue weighted by atomic mass is 10.2. The van der Waals surface area contributed by atoms with E-state index in [-0.39, 0.29) is 5.91 Å². The van der Waals surface area contributed by atoms with E-state index < -0.39 is 0 Å². The van der Waals surface area contributed by atoms with Gasteiger partial charge < -0.3 is 10.1 Å². The van der Waals surface area contributed by atoms with Gasteiger partial charge in [-0.25, -0.2) is 0 Å². The Morgan fingerprint density at radius 1 is 1.44 bits per heavy atom. The number of para-hydroxylation sites is 2. The SMILES string of the molecule is CCOc1ccccc1NC(=O)c1csc(Br)c1. The topological polar surface area (TPSA) is 38.3 Å². The first-order valence-electron chi connectivity index (χ1n) is 5.48. The molecule has 0 fully saturated rings. The number of hydrogen-bond donors (Lipinski definition) is 1. The Kier molecular flexibility index (Phi) is 4.38. The van der Waals surface area contributed by atoms with Crippen LogP contribution >= 0.6 is 27.3 Å². The molecule has 1 aromatic carbocycles. The molecule has 18 heavy (non-hydrogen) atoms. The average Bonchev–Trinajstić information content (AvgIpc) is 2.79. The molecule has 1 N–H and O–H groups in total. The zero-order valence-electron chi connectivity index (χ0n) is 9.77. The monoisotopic (exact) mass is 325 g/mol. The molecule has 3 nitrogen and oxygen atoms in total. The molecule has 0 bridgehead atoms. The van der Waals surface area contributed by atoms with E-state index in [2.05, 4.69) is 21.2 Å². The molecule has 0 radical (unpaired) electrons. The third-order valence-electron chi connectivity index (χ3n) is 2.26. The van der Waals surface area contributed by atoms with Gasteiger partial charge in [-0.1, -0.05) is 12.1 Å². The molecule has 0 atom stereocenters. The Bertz CT molecular complexity index is 553. The average molecular weight is 326 g/mol. The van der Waals surface area contributed by atoms with Gasteiger partial charge in [0.25, 0.3) is 5.91 Å². The van der Waals surface area contributed by atoms with Gasteiger partial charge in [0.1, 0.15) is 5.75 Å². The van der Waals surface area contributed by atoms with Crippen LogP contribution in [-0.2, 0) is 0 Å². The van der Waals surface area contributed by atoms with Crippen molar-refractivity contribution in [2.24, 2.45) is 0 Å². The van der Waals surface area contributed by atoms with E-state index >= 15 is 0 Å². The van der Waals surface area contributed by atoms with Crippen molar-refractivity contribution in [3.05, 3.63) is 45.1 Å². The summed E-state index contributed by atoms with van der Waals surface area (Å²) in [5, 5.41) is 4.66. The Labute approximate surface area is 118 Å². The fraction of sp³-hybridized carbons (Fsp3) is 0.154. The zero-order valence-corrected chi connectivity index (χ0v) is 12.2. The summed E-state index contributed by atoms with van der Waals surface area (Å²) in [5.74, 6) is 0.548. The lowest BCUT2D eigenvalue weighted by Gasteiger charge is -2.10. The Morgan fingerprint density at radius 3 is 2.89 bits per heavy atom. The number of benzene rings is 1. The second-order valence-electron chi connectivity index (χ2n) is 3.52. The first-order chi connectivity index (χ1) is 8.70. The van der Waals surface area contributed by atoms with E-state index in [1.807, 2.05) is 36.6 Å². The summed E-state index contributed by atoms with van der Waals surface area (Å²) in [5.41, 5.74) is 1.32. The predicted octanol–water partition coefficient (Wildman–Crippen LogP) is 4.16. The number of carbonyl (C=O) groups is 1. The third kappa shape index (κ3) is 3.11. The van der Waals surface area contributed by atoms with E-state index in [0.717, 1.165) is 3.79 Å². The minimum Gasteiger partial charge on any atom is -0.492 e. The van der Waals surface area contributed by atoms with Crippen LogP contribution in [0.15, 0.2) is 39.5 Å². The summed E-state index contributed by atoms with van der Waals surface area (Å²) in [6, 6.07) is 9.19. The number of thiophene rings is 1. The van der Waals surface area contributed by atoms with Crippen LogP contribution in [0, 0.1) is 0 Å². The maximum atomic E-state index is 12.0. The van der Waals surface area contributed by atoms with Crippen molar-refractivity contribution >= 4 is 38.9 Å². The third-order valence-corrected chi connectivity index (χ3v) is 3.77. The molecule has 0 unspecified atom stereocenters. The van der Waals surface area contributed by atoms with Crippen molar-refractivity contribution in [3.8, 4) is 5.75 Å². The summed E-state index contributed by atoms with van der Waals surface area (Å²) in [6.07, 6.45) is 0. The molecule has 2 aromatic rings. The summed E-state index contributed by atoms with van der Waals surface area (Å²) in [7, 11) is 0. The molecule has 94 valence electrons. The first kappa shape index (κ1) is 13.1. The van der Waals surface area contributed by atoms with Crippen molar-refractivity contribution in [2.75, 3.05) is 11.9 Å². The van der Waals surface area contributed by atoms with Gasteiger partial charge in [0.15, 0.2) is 0 Å². The normalized spacial score (nSPS) is 10.1. The molecular weight excluding hydrogens is 314 g/mol. The highest BCUT2D eigenvalue weighted by atomic mass is 79.9. The van der Waals surface area contributed by atoms with Crippen LogP contribution in [0.2, 0.25) is 0 Å². The predicted molar refractivity (Wildman–Crippen MR) is 77.6 cm³/mol. The summed E-state index contributed by atoms with van der Waals surface area (Å²) in [4.78, 5) is 12.0. The van der Waals surface area contributed by atoms with Gasteiger partial charge in [-0.3, -0.25) is 4.79 Å². The number of carbonyl (C=O) groups excluding carboxylic acids is 1. The molecule has 0 aliphatic heterocycles. The molecule has 1 amide bonds. The van der Waals surface area contributed by atoms with Crippen LogP contribution in [0.25, 0.3) is 0 Å². The molecule has 0 saturated heterocycles. The van der Waals surface area contributed by atoms with Crippen LogP contribution in [0.3, 0.4) is 0 Å². The number of halogens is 1. The largest absolute Gasteiger partial charge is 0.492 e. The van der Waals surface area contributed by atoms with Crippen molar-refractivity contribution in [1.82, 2.24) is 0 Å². The summed E-state index contributed by atoms with van der Waals surface area (Å²) < 4.78 is 6.39. The Balaban J connectivity index is 2.16. The molecule has 0 spiro atoms. The minimum atomic E-state index is -0.135. The van der Waals surface area contributed by atoms with E-state index in [0.29, 0.717) is 23.6 Å². The number of nitrogens with one attached hydrogen (secondary N) is 1. The van der Waals surface area contributed by atoms with Gasteiger partial charge in [0, 0.05) is 5.38 Å². The van der Waals surface area contributed by atoms with Gasteiger partial charge in [-0.05, 0) is 41.1 Å². The number of amides is 1. The highest BCUT2D eigenvalue weighted by molar-refractivity contribution is 9.11.